The molecule has 0 amide bonds. The van der Waals surface area contributed by atoms with Gasteiger partial charge in [0.05, 0.1) is 0 Å². The maximum Gasteiger partial charge on any atom is 0.293 e. The zero-order chi connectivity index (χ0) is 10.7. The number of carbonyl (C=O) groups is 1. The van der Waals surface area contributed by atoms with Crippen molar-refractivity contribution < 1.29 is 9.53 Å². The lowest BCUT2D eigenvalue weighted by molar-refractivity contribution is -0.138. The summed E-state index contributed by atoms with van der Waals surface area (Å²) in [5.74, 6) is 4.96. The van der Waals surface area contributed by atoms with Crippen molar-refractivity contribution in [3.05, 3.63) is 0 Å². The average Bonchev–Trinajstić information content (AvgIpc) is 1.99. The number of nitrogens with one attached hydrogen (secondary N) is 1. The van der Waals surface area contributed by atoms with Crippen molar-refractivity contribution >= 4 is 6.47 Å². The van der Waals surface area contributed by atoms with Crippen LogP contribution in [0, 0.1) is 0 Å². The molecule has 0 aliphatic carbocycles. The van der Waals surface area contributed by atoms with Crippen LogP contribution >= 0.6 is 0 Å². The van der Waals surface area contributed by atoms with E-state index < -0.39 is 0 Å². The van der Waals surface area contributed by atoms with Gasteiger partial charge >= 0.3 is 0 Å². The normalized spacial score (nSPS) is 9.92. The maximum atomic E-state index is 9.60. The molecule has 13 heavy (non-hydrogen) atoms. The Kier molecular flexibility index (Phi) is 10.9. The fourth-order valence-electron chi connectivity index (χ4n) is 0.423. The number of hydrazine groups is 1. The van der Waals surface area contributed by atoms with Gasteiger partial charge in [0, 0.05) is 6.54 Å². The highest BCUT2D eigenvalue weighted by Gasteiger charge is 2.07. The number of hydrogen-bond acceptors (Lipinski definition) is 4. The number of ether oxygens (including phenoxy) is 1. The second-order valence-electron chi connectivity index (χ2n) is 3.63. The van der Waals surface area contributed by atoms with Crippen molar-refractivity contribution in [3.8, 4) is 0 Å². The topological polar surface area (TPSA) is 64.3 Å². The molecule has 0 spiro atoms. The quantitative estimate of drug-likeness (QED) is 0.303. The van der Waals surface area contributed by atoms with Gasteiger partial charge in [-0.05, 0) is 27.2 Å². The third-order valence-electron chi connectivity index (χ3n) is 1.08. The first-order chi connectivity index (χ1) is 5.97. The molecule has 0 aliphatic heterocycles. The largest absolute Gasteiger partial charge is 0.462 e. The summed E-state index contributed by atoms with van der Waals surface area (Å²) in [6.45, 7) is 9.00. The van der Waals surface area contributed by atoms with E-state index in [0.717, 1.165) is 6.54 Å². The predicted octanol–water partition coefficient (Wildman–Crippen LogP) is 1.21. The molecule has 0 aromatic rings. The van der Waals surface area contributed by atoms with Gasteiger partial charge in [0.15, 0.2) is 0 Å². The van der Waals surface area contributed by atoms with Crippen molar-refractivity contribution in [1.29, 1.82) is 0 Å². The molecule has 3 N–H and O–H groups in total. The van der Waals surface area contributed by atoms with Crippen molar-refractivity contribution in [2.24, 2.45) is 5.84 Å². The maximum absolute atomic E-state index is 9.60. The van der Waals surface area contributed by atoms with E-state index in [0.29, 0.717) is 6.47 Å². The Morgan fingerprint density at radius 1 is 1.46 bits per heavy atom. The lowest BCUT2D eigenvalue weighted by Gasteiger charge is -2.14. The van der Waals surface area contributed by atoms with Gasteiger partial charge in [-0.3, -0.25) is 16.1 Å². The van der Waals surface area contributed by atoms with Crippen LogP contribution in [0.4, 0.5) is 0 Å². The molecule has 0 unspecified atom stereocenters. The molecule has 0 saturated heterocycles. The van der Waals surface area contributed by atoms with Crippen LogP contribution in [0.5, 0.6) is 0 Å². The van der Waals surface area contributed by atoms with Gasteiger partial charge in [0.1, 0.15) is 5.60 Å². The standard InChI is InChI=1S/C5H10O2.C4H12N2/c1-5(2,3)7-4-6;1-2-3-4-6-5/h4H,1-3H3;6H,2-5H2,1H3. The Labute approximate surface area is 80.8 Å². The first-order valence-electron chi connectivity index (χ1n) is 4.52. The van der Waals surface area contributed by atoms with Crippen molar-refractivity contribution in [2.45, 2.75) is 46.1 Å². The number of hydrogen-bond donors (Lipinski definition) is 2. The highest BCUT2D eigenvalue weighted by Crippen LogP contribution is 2.02. The minimum Gasteiger partial charge on any atom is -0.462 e. The van der Waals surface area contributed by atoms with E-state index >= 15 is 0 Å². The van der Waals surface area contributed by atoms with Gasteiger partial charge in [0.25, 0.3) is 6.47 Å². The molecule has 0 bridgehead atoms. The Hall–Kier alpha value is -0.610. The molecule has 4 nitrogen and oxygen atoms in total. The fourth-order valence-corrected chi connectivity index (χ4v) is 0.423. The summed E-state index contributed by atoms with van der Waals surface area (Å²) in [6, 6.07) is 0. The third-order valence-corrected chi connectivity index (χ3v) is 1.08. The first kappa shape index (κ1) is 14.9. The van der Waals surface area contributed by atoms with Crippen LogP contribution in [-0.4, -0.2) is 18.6 Å². The van der Waals surface area contributed by atoms with Crippen LogP contribution < -0.4 is 11.3 Å². The fraction of sp³-hybridized carbons (Fsp3) is 0.889. The summed E-state index contributed by atoms with van der Waals surface area (Å²) in [5.41, 5.74) is 2.25. The van der Waals surface area contributed by atoms with E-state index in [1.54, 1.807) is 0 Å². The Bertz CT molecular complexity index is 107. The highest BCUT2D eigenvalue weighted by molar-refractivity contribution is 5.37. The molecule has 0 atom stereocenters. The van der Waals surface area contributed by atoms with Crippen LogP contribution in [0.3, 0.4) is 0 Å². The van der Waals surface area contributed by atoms with Gasteiger partial charge in [-0.2, -0.15) is 0 Å². The number of carbonyl (C=O) groups excluding carboxylic acids is 1. The van der Waals surface area contributed by atoms with E-state index in [2.05, 4.69) is 17.1 Å². The molecule has 0 rings (SSSR count). The summed E-state index contributed by atoms with van der Waals surface area (Å²) < 4.78 is 4.55. The number of nitrogens with two attached hydrogens (primary N) is 1. The molecule has 0 fully saturated rings. The molecule has 0 heterocycles. The van der Waals surface area contributed by atoms with Crippen molar-refractivity contribution in [2.75, 3.05) is 6.54 Å². The SMILES string of the molecule is CC(C)(C)OC=O.CCCCNN. The van der Waals surface area contributed by atoms with Crippen LogP contribution in [0.25, 0.3) is 0 Å². The van der Waals surface area contributed by atoms with Gasteiger partial charge in [-0.1, -0.05) is 13.3 Å². The van der Waals surface area contributed by atoms with E-state index in [-0.39, 0.29) is 5.60 Å². The molecule has 0 saturated carbocycles. The summed E-state index contributed by atoms with van der Waals surface area (Å²) >= 11 is 0. The number of unbranched alkanes of at least 4 members (excludes halogenated alkanes) is 1. The second kappa shape index (κ2) is 9.48. The lowest BCUT2D eigenvalue weighted by atomic mass is 10.2. The molecule has 4 heteroatoms. The minimum atomic E-state index is -0.318. The zero-order valence-corrected chi connectivity index (χ0v) is 9.09. The van der Waals surface area contributed by atoms with Gasteiger partial charge in [0.2, 0.25) is 0 Å². The second-order valence-corrected chi connectivity index (χ2v) is 3.63. The highest BCUT2D eigenvalue weighted by atomic mass is 16.5. The summed E-state index contributed by atoms with van der Waals surface area (Å²) in [7, 11) is 0. The Morgan fingerprint density at radius 3 is 2.08 bits per heavy atom. The van der Waals surface area contributed by atoms with Crippen molar-refractivity contribution in [3.63, 3.8) is 0 Å². The molecular formula is C9H22N2O2. The summed E-state index contributed by atoms with van der Waals surface area (Å²) in [4.78, 5) is 9.60. The molecule has 0 aliphatic rings. The lowest BCUT2D eigenvalue weighted by Crippen LogP contribution is -2.22. The third kappa shape index (κ3) is 24.6. The molecule has 80 valence electrons. The minimum absolute atomic E-state index is 0.318. The molecule has 0 aromatic carbocycles. The van der Waals surface area contributed by atoms with Gasteiger partial charge in [-0.15, -0.1) is 0 Å². The zero-order valence-electron chi connectivity index (χ0n) is 9.09. The molecule has 0 radical (unpaired) electrons. The average molecular weight is 190 g/mol. The van der Waals surface area contributed by atoms with E-state index in [9.17, 15) is 4.79 Å². The Morgan fingerprint density at radius 2 is 2.00 bits per heavy atom. The van der Waals surface area contributed by atoms with E-state index in [1.165, 1.54) is 12.8 Å². The smallest absolute Gasteiger partial charge is 0.293 e. The predicted molar refractivity (Wildman–Crippen MR) is 54.0 cm³/mol. The van der Waals surface area contributed by atoms with Crippen LogP contribution in [-0.2, 0) is 9.53 Å². The monoisotopic (exact) mass is 190 g/mol. The molecule has 0 aromatic heterocycles. The van der Waals surface area contributed by atoms with Crippen LogP contribution in [0.1, 0.15) is 40.5 Å². The summed E-state index contributed by atoms with van der Waals surface area (Å²) in [6.07, 6.45) is 2.39. The van der Waals surface area contributed by atoms with Gasteiger partial charge < -0.3 is 4.74 Å². The van der Waals surface area contributed by atoms with E-state index in [1.807, 2.05) is 20.8 Å². The van der Waals surface area contributed by atoms with E-state index in [4.69, 9.17) is 5.84 Å². The van der Waals surface area contributed by atoms with Gasteiger partial charge in [-0.25, -0.2) is 0 Å². The van der Waals surface area contributed by atoms with Crippen LogP contribution in [0.2, 0.25) is 0 Å². The molecular weight excluding hydrogens is 168 g/mol. The Balaban J connectivity index is 0. The number of rotatable bonds is 4. The first-order valence-corrected chi connectivity index (χ1v) is 4.52. The van der Waals surface area contributed by atoms with Crippen LogP contribution in [0.15, 0.2) is 0 Å². The summed E-state index contributed by atoms with van der Waals surface area (Å²) in [5, 5.41) is 0. The van der Waals surface area contributed by atoms with Crippen molar-refractivity contribution in [1.82, 2.24) is 5.43 Å².